The Balaban J connectivity index is 1.88. The van der Waals surface area contributed by atoms with Crippen molar-refractivity contribution in [3.05, 3.63) is 102 Å². The standard InChI is InChI=1S/C27H33N2O3P/c1-22(2)19-26(27(30)28-32-21-24-15-9-5-10-16-24)29(20-23-13-7-4-8-14-23)33(3,31)25-17-11-6-12-18-25/h4-18,22,26H,19-21H2,1-3H3,(H,28,30)/t26-,33+/m1/s1. The van der Waals surface area contributed by atoms with Crippen LogP contribution in [0.15, 0.2) is 91.0 Å². The number of carbonyl (C=O) groups is 1. The summed E-state index contributed by atoms with van der Waals surface area (Å²) in [5.74, 6) is -0.0579. The van der Waals surface area contributed by atoms with Gasteiger partial charge in [0.05, 0.1) is 12.6 Å². The SMILES string of the molecule is CC(C)C[C@H](C(=O)NOCc1ccccc1)N(Cc1ccccc1)[P@@](C)(=O)c1ccccc1. The molecule has 0 bridgehead atoms. The van der Waals surface area contributed by atoms with Gasteiger partial charge in [0.25, 0.3) is 5.91 Å². The molecule has 33 heavy (non-hydrogen) atoms. The lowest BCUT2D eigenvalue weighted by Gasteiger charge is -2.36. The minimum atomic E-state index is -3.06. The number of nitrogens with one attached hydrogen (secondary N) is 1. The second-order valence-corrected chi connectivity index (χ2v) is 11.5. The number of hydroxylamine groups is 1. The van der Waals surface area contributed by atoms with Gasteiger partial charge in [-0.1, -0.05) is 105 Å². The van der Waals surface area contributed by atoms with Crippen LogP contribution in [0, 0.1) is 5.92 Å². The van der Waals surface area contributed by atoms with Crippen LogP contribution in [0.2, 0.25) is 0 Å². The number of rotatable bonds is 11. The fraction of sp³-hybridized carbons (Fsp3) is 0.296. The van der Waals surface area contributed by atoms with E-state index in [1.807, 2.05) is 95.7 Å². The van der Waals surface area contributed by atoms with E-state index in [2.05, 4.69) is 19.3 Å². The first-order valence-corrected chi connectivity index (χ1v) is 13.4. The fourth-order valence-corrected chi connectivity index (χ4v) is 5.96. The molecule has 0 aliphatic carbocycles. The molecule has 174 valence electrons. The maximum absolute atomic E-state index is 14.2. The first-order chi connectivity index (χ1) is 15.9. The van der Waals surface area contributed by atoms with E-state index < -0.39 is 13.3 Å². The Bertz CT molecular complexity index is 1040. The van der Waals surface area contributed by atoms with Crippen molar-refractivity contribution in [2.75, 3.05) is 6.66 Å². The van der Waals surface area contributed by atoms with Gasteiger partial charge in [0, 0.05) is 18.5 Å². The predicted octanol–water partition coefficient (Wildman–Crippen LogP) is 5.38. The van der Waals surface area contributed by atoms with Crippen LogP contribution in [0.25, 0.3) is 0 Å². The van der Waals surface area contributed by atoms with Gasteiger partial charge >= 0.3 is 0 Å². The molecule has 2 atom stereocenters. The lowest BCUT2D eigenvalue weighted by atomic mass is 10.0. The monoisotopic (exact) mass is 464 g/mol. The molecule has 0 aliphatic heterocycles. The fourth-order valence-electron chi connectivity index (χ4n) is 3.78. The summed E-state index contributed by atoms with van der Waals surface area (Å²) in [4.78, 5) is 18.9. The van der Waals surface area contributed by atoms with Gasteiger partial charge in [-0.05, 0) is 23.5 Å². The van der Waals surface area contributed by atoms with Crippen LogP contribution in [-0.4, -0.2) is 23.3 Å². The number of carbonyl (C=O) groups excluding carboxylic acids is 1. The zero-order chi connectivity index (χ0) is 23.7. The van der Waals surface area contributed by atoms with Crippen molar-refractivity contribution < 1.29 is 14.2 Å². The number of benzene rings is 3. The van der Waals surface area contributed by atoms with E-state index in [9.17, 15) is 9.36 Å². The Labute approximate surface area is 197 Å². The second-order valence-electron chi connectivity index (χ2n) is 8.68. The molecule has 0 spiro atoms. The highest BCUT2D eigenvalue weighted by Gasteiger charge is 2.37. The van der Waals surface area contributed by atoms with Crippen molar-refractivity contribution in [3.8, 4) is 0 Å². The number of hydrogen-bond donors (Lipinski definition) is 1. The molecular formula is C27H33N2O3P. The van der Waals surface area contributed by atoms with Crippen LogP contribution in [-0.2, 0) is 27.3 Å². The van der Waals surface area contributed by atoms with Crippen molar-refractivity contribution in [2.24, 2.45) is 5.92 Å². The van der Waals surface area contributed by atoms with Crippen molar-refractivity contribution in [1.29, 1.82) is 0 Å². The first kappa shape index (κ1) is 24.9. The van der Waals surface area contributed by atoms with E-state index in [-0.39, 0.29) is 18.4 Å². The van der Waals surface area contributed by atoms with Gasteiger partial charge in [-0.25, -0.2) is 10.2 Å². The highest BCUT2D eigenvalue weighted by Crippen LogP contribution is 2.48. The maximum Gasteiger partial charge on any atom is 0.261 e. The molecule has 0 aliphatic rings. The summed E-state index contributed by atoms with van der Waals surface area (Å²) in [5, 5.41) is 0.729. The molecule has 6 heteroatoms. The average molecular weight is 465 g/mol. The molecule has 0 fully saturated rings. The molecule has 0 saturated heterocycles. The summed E-state index contributed by atoms with van der Waals surface area (Å²) in [6, 6.07) is 28.3. The Hall–Kier alpha value is -2.72. The van der Waals surface area contributed by atoms with Gasteiger partial charge in [-0.3, -0.25) is 9.63 Å². The summed E-state index contributed by atoms with van der Waals surface area (Å²) >= 11 is 0. The number of amides is 1. The third-order valence-corrected chi connectivity index (χ3v) is 8.18. The quantitative estimate of drug-likeness (QED) is 0.306. The lowest BCUT2D eigenvalue weighted by molar-refractivity contribution is -0.139. The van der Waals surface area contributed by atoms with E-state index in [1.54, 1.807) is 6.66 Å². The predicted molar refractivity (Wildman–Crippen MR) is 134 cm³/mol. The smallest absolute Gasteiger partial charge is 0.261 e. The first-order valence-electron chi connectivity index (χ1n) is 11.3. The molecule has 3 aromatic rings. The molecular weight excluding hydrogens is 431 g/mol. The van der Waals surface area contributed by atoms with Gasteiger partial charge in [0.15, 0.2) is 7.29 Å². The number of nitrogens with zero attached hydrogens (tertiary/aromatic N) is 1. The molecule has 0 unspecified atom stereocenters. The third kappa shape index (κ3) is 7.13. The molecule has 1 amide bonds. The van der Waals surface area contributed by atoms with E-state index >= 15 is 0 Å². The van der Waals surface area contributed by atoms with Crippen LogP contribution in [0.5, 0.6) is 0 Å². The second kappa shape index (κ2) is 11.9. The maximum atomic E-state index is 14.2. The van der Waals surface area contributed by atoms with Gasteiger partial charge < -0.3 is 4.57 Å². The molecule has 0 heterocycles. The van der Waals surface area contributed by atoms with Crippen LogP contribution in [0.1, 0.15) is 31.4 Å². The highest BCUT2D eigenvalue weighted by molar-refractivity contribution is 7.68. The van der Waals surface area contributed by atoms with Crippen LogP contribution < -0.4 is 10.8 Å². The van der Waals surface area contributed by atoms with E-state index in [0.29, 0.717) is 13.0 Å². The zero-order valence-corrected chi connectivity index (χ0v) is 20.4. The molecule has 0 radical (unpaired) electrons. The molecule has 3 rings (SSSR count). The molecule has 3 aromatic carbocycles. The highest BCUT2D eigenvalue weighted by atomic mass is 31.2. The molecule has 0 saturated carbocycles. The van der Waals surface area contributed by atoms with Gasteiger partial charge in [-0.2, -0.15) is 0 Å². The van der Waals surface area contributed by atoms with E-state index in [4.69, 9.17) is 4.84 Å². The van der Waals surface area contributed by atoms with Crippen molar-refractivity contribution in [3.63, 3.8) is 0 Å². The summed E-state index contributed by atoms with van der Waals surface area (Å²) < 4.78 is 16.1. The molecule has 0 aromatic heterocycles. The van der Waals surface area contributed by atoms with Crippen LogP contribution >= 0.6 is 7.29 Å². The topological polar surface area (TPSA) is 58.6 Å². The van der Waals surface area contributed by atoms with Crippen LogP contribution in [0.3, 0.4) is 0 Å². The van der Waals surface area contributed by atoms with Crippen molar-refractivity contribution in [2.45, 2.75) is 39.5 Å². The summed E-state index contributed by atoms with van der Waals surface area (Å²) in [6.07, 6.45) is 0.554. The van der Waals surface area contributed by atoms with E-state index in [0.717, 1.165) is 16.4 Å². The number of hydrogen-bond acceptors (Lipinski definition) is 3. The minimum Gasteiger partial charge on any atom is -0.302 e. The van der Waals surface area contributed by atoms with Crippen molar-refractivity contribution >= 4 is 18.5 Å². The summed E-state index contributed by atoms with van der Waals surface area (Å²) in [6.45, 7) is 6.54. The lowest BCUT2D eigenvalue weighted by Crippen LogP contribution is -2.47. The normalized spacial score (nSPS) is 14.1. The Kier molecular flexibility index (Phi) is 9.02. The summed E-state index contributed by atoms with van der Waals surface area (Å²) in [5.41, 5.74) is 4.59. The van der Waals surface area contributed by atoms with Gasteiger partial charge in [-0.15, -0.1) is 0 Å². The van der Waals surface area contributed by atoms with Gasteiger partial charge in [0.1, 0.15) is 0 Å². The van der Waals surface area contributed by atoms with Crippen molar-refractivity contribution in [1.82, 2.24) is 10.2 Å². The van der Waals surface area contributed by atoms with Crippen LogP contribution in [0.4, 0.5) is 0 Å². The summed E-state index contributed by atoms with van der Waals surface area (Å²) in [7, 11) is -3.06. The third-order valence-electron chi connectivity index (χ3n) is 5.52. The molecule has 1 N–H and O–H groups in total. The zero-order valence-electron chi connectivity index (χ0n) is 19.6. The largest absolute Gasteiger partial charge is 0.302 e. The minimum absolute atomic E-state index is 0.226. The Morgan fingerprint density at radius 3 is 1.94 bits per heavy atom. The molecule has 5 nitrogen and oxygen atoms in total. The Morgan fingerprint density at radius 2 is 1.39 bits per heavy atom. The Morgan fingerprint density at radius 1 is 0.879 bits per heavy atom. The van der Waals surface area contributed by atoms with E-state index in [1.165, 1.54) is 0 Å². The average Bonchev–Trinajstić information content (AvgIpc) is 2.83. The van der Waals surface area contributed by atoms with Gasteiger partial charge in [0.2, 0.25) is 0 Å².